The number of nitrogens with zero attached hydrogens (tertiary/aromatic N) is 3. The summed E-state index contributed by atoms with van der Waals surface area (Å²) in [4.78, 5) is 16.8. The van der Waals surface area contributed by atoms with Crippen LogP contribution in [0, 0.1) is 11.7 Å². The first-order valence-corrected chi connectivity index (χ1v) is 7.85. The number of aliphatic imine (C=N–C) groups is 1. The second kappa shape index (κ2) is 6.71. The minimum absolute atomic E-state index is 0.257. The highest BCUT2D eigenvalue weighted by molar-refractivity contribution is 6.36. The summed E-state index contributed by atoms with van der Waals surface area (Å²) in [5.41, 5.74) is 1.61. The Hall–Kier alpha value is -2.24. The minimum Gasteiger partial charge on any atom is -0.271 e. The fraction of sp³-hybridized carbons (Fsp3) is 0.118. The van der Waals surface area contributed by atoms with E-state index in [4.69, 9.17) is 23.2 Å². The maximum atomic E-state index is 13.0. The smallest absolute Gasteiger partial charge is 0.261 e. The molecule has 0 radical (unpaired) electrons. The molecule has 3 rings (SSSR count). The Balaban J connectivity index is 1.82. The molecule has 0 N–H and O–H groups in total. The van der Waals surface area contributed by atoms with E-state index in [1.165, 1.54) is 35.5 Å². The first-order valence-electron chi connectivity index (χ1n) is 7.09. The van der Waals surface area contributed by atoms with Gasteiger partial charge in [0.05, 0.1) is 22.1 Å². The van der Waals surface area contributed by atoms with Crippen LogP contribution in [0.1, 0.15) is 6.92 Å². The Labute approximate surface area is 148 Å². The monoisotopic (exact) mass is 363 g/mol. The summed E-state index contributed by atoms with van der Waals surface area (Å²) < 4.78 is 13.0. The van der Waals surface area contributed by atoms with E-state index in [2.05, 4.69) is 10.1 Å². The molecular formula is C17H12Cl2FN3O. The number of benzene rings is 2. The maximum absolute atomic E-state index is 13.0. The molecule has 1 atom stereocenters. The van der Waals surface area contributed by atoms with E-state index in [0.29, 0.717) is 27.1 Å². The fourth-order valence-corrected chi connectivity index (χ4v) is 2.72. The van der Waals surface area contributed by atoms with Crippen molar-refractivity contribution in [2.45, 2.75) is 6.92 Å². The number of hydrazone groups is 1. The lowest BCUT2D eigenvalue weighted by Gasteiger charge is -2.12. The van der Waals surface area contributed by atoms with Crippen molar-refractivity contribution in [2.75, 3.05) is 5.01 Å². The second-order valence-corrected chi connectivity index (χ2v) is 6.06. The van der Waals surface area contributed by atoms with Crippen molar-refractivity contribution in [2.24, 2.45) is 16.0 Å². The quantitative estimate of drug-likeness (QED) is 0.717. The Kier molecular flexibility index (Phi) is 4.64. The summed E-state index contributed by atoms with van der Waals surface area (Å²) in [7, 11) is 0. The Morgan fingerprint density at radius 3 is 2.58 bits per heavy atom. The lowest BCUT2D eigenvalue weighted by atomic mass is 10.1. The molecule has 0 saturated carbocycles. The third kappa shape index (κ3) is 3.32. The molecule has 7 heteroatoms. The zero-order chi connectivity index (χ0) is 17.3. The molecule has 24 heavy (non-hydrogen) atoms. The van der Waals surface area contributed by atoms with Crippen molar-refractivity contribution < 1.29 is 9.18 Å². The first-order chi connectivity index (χ1) is 11.5. The van der Waals surface area contributed by atoms with E-state index < -0.39 is 5.92 Å². The van der Waals surface area contributed by atoms with Gasteiger partial charge in [-0.1, -0.05) is 23.2 Å². The average molecular weight is 364 g/mol. The molecule has 2 aromatic rings. The van der Waals surface area contributed by atoms with Crippen LogP contribution >= 0.6 is 23.2 Å². The fourth-order valence-electron chi connectivity index (χ4n) is 2.26. The number of hydrogen-bond donors (Lipinski definition) is 0. The van der Waals surface area contributed by atoms with Crippen LogP contribution in [0.15, 0.2) is 52.6 Å². The molecule has 0 fully saturated rings. The molecule has 1 amide bonds. The van der Waals surface area contributed by atoms with Gasteiger partial charge in [0.15, 0.2) is 0 Å². The van der Waals surface area contributed by atoms with Crippen LogP contribution in [0.4, 0.5) is 15.8 Å². The Bertz CT molecular complexity index is 849. The topological polar surface area (TPSA) is 45.0 Å². The van der Waals surface area contributed by atoms with Crippen LogP contribution in [0.5, 0.6) is 0 Å². The molecule has 1 unspecified atom stereocenters. The number of halogens is 3. The van der Waals surface area contributed by atoms with Gasteiger partial charge in [0.25, 0.3) is 5.91 Å². The van der Waals surface area contributed by atoms with Crippen molar-refractivity contribution in [3.63, 3.8) is 0 Å². The Morgan fingerprint density at radius 2 is 1.92 bits per heavy atom. The van der Waals surface area contributed by atoms with E-state index in [-0.39, 0.29) is 11.7 Å². The summed E-state index contributed by atoms with van der Waals surface area (Å²) in [5, 5.41) is 6.38. The number of amides is 1. The second-order valence-electron chi connectivity index (χ2n) is 5.22. The molecule has 122 valence electrons. The predicted octanol–water partition coefficient (Wildman–Crippen LogP) is 4.87. The van der Waals surface area contributed by atoms with Gasteiger partial charge in [0.2, 0.25) is 0 Å². The SMILES string of the molecule is CC1=NN(c2ccc(F)cc2)C(=O)C1C=Nc1ccc(Cl)cc1Cl. The highest BCUT2D eigenvalue weighted by atomic mass is 35.5. The predicted molar refractivity (Wildman–Crippen MR) is 95.1 cm³/mol. The Morgan fingerprint density at radius 1 is 1.21 bits per heavy atom. The lowest BCUT2D eigenvalue weighted by Crippen LogP contribution is -2.27. The molecule has 0 bridgehead atoms. The standard InChI is InChI=1S/C17H12Cl2FN3O/c1-10-14(9-21-16-7-2-11(18)8-15(16)19)17(24)23(22-10)13-5-3-12(20)4-6-13/h2-9,14H,1H3. The van der Waals surface area contributed by atoms with E-state index in [1.807, 2.05) is 0 Å². The molecule has 1 heterocycles. The summed E-state index contributed by atoms with van der Waals surface area (Å²) in [6, 6.07) is 10.5. The normalized spacial score (nSPS) is 17.7. The summed E-state index contributed by atoms with van der Waals surface area (Å²) in [6.45, 7) is 1.74. The summed E-state index contributed by atoms with van der Waals surface area (Å²) >= 11 is 11.9. The van der Waals surface area contributed by atoms with Gasteiger partial charge in [-0.3, -0.25) is 9.79 Å². The van der Waals surface area contributed by atoms with Crippen molar-refractivity contribution in [1.82, 2.24) is 0 Å². The van der Waals surface area contributed by atoms with Crippen LogP contribution in [-0.2, 0) is 4.79 Å². The third-order valence-corrected chi connectivity index (χ3v) is 4.06. The van der Waals surface area contributed by atoms with Gasteiger partial charge in [0.1, 0.15) is 11.7 Å². The highest BCUT2D eigenvalue weighted by Crippen LogP contribution is 2.29. The van der Waals surface area contributed by atoms with Gasteiger partial charge >= 0.3 is 0 Å². The molecular weight excluding hydrogens is 352 g/mol. The molecule has 0 spiro atoms. The first kappa shape index (κ1) is 16.6. The number of carbonyl (C=O) groups excluding carboxylic acids is 1. The van der Waals surface area contributed by atoms with E-state index in [0.717, 1.165) is 0 Å². The zero-order valence-electron chi connectivity index (χ0n) is 12.6. The van der Waals surface area contributed by atoms with Gasteiger partial charge in [-0.15, -0.1) is 0 Å². The van der Waals surface area contributed by atoms with Crippen LogP contribution in [-0.4, -0.2) is 17.8 Å². The molecule has 4 nitrogen and oxygen atoms in total. The average Bonchev–Trinajstić information content (AvgIpc) is 2.82. The highest BCUT2D eigenvalue weighted by Gasteiger charge is 2.33. The number of carbonyl (C=O) groups is 1. The van der Waals surface area contributed by atoms with Gasteiger partial charge in [-0.05, 0) is 49.4 Å². The van der Waals surface area contributed by atoms with E-state index in [9.17, 15) is 9.18 Å². The van der Waals surface area contributed by atoms with Gasteiger partial charge < -0.3 is 0 Å². The van der Waals surface area contributed by atoms with Crippen molar-refractivity contribution in [3.05, 3.63) is 58.3 Å². The number of anilines is 1. The van der Waals surface area contributed by atoms with E-state index in [1.54, 1.807) is 25.1 Å². The van der Waals surface area contributed by atoms with Crippen LogP contribution in [0.25, 0.3) is 0 Å². The number of rotatable bonds is 3. The van der Waals surface area contributed by atoms with Crippen molar-refractivity contribution in [1.29, 1.82) is 0 Å². The maximum Gasteiger partial charge on any atom is 0.261 e. The van der Waals surface area contributed by atoms with Gasteiger partial charge in [-0.2, -0.15) is 10.1 Å². The number of hydrogen-bond acceptors (Lipinski definition) is 3. The van der Waals surface area contributed by atoms with Crippen molar-refractivity contribution >= 4 is 52.4 Å². The lowest BCUT2D eigenvalue weighted by molar-refractivity contribution is -0.118. The van der Waals surface area contributed by atoms with Crippen LogP contribution in [0.3, 0.4) is 0 Å². The summed E-state index contributed by atoms with van der Waals surface area (Å²) in [5.74, 6) is -1.23. The molecule has 0 aliphatic carbocycles. The van der Waals surface area contributed by atoms with Crippen LogP contribution < -0.4 is 5.01 Å². The minimum atomic E-state index is -0.596. The molecule has 0 saturated heterocycles. The molecule has 0 aromatic heterocycles. The van der Waals surface area contributed by atoms with Crippen molar-refractivity contribution in [3.8, 4) is 0 Å². The third-order valence-electron chi connectivity index (χ3n) is 3.53. The van der Waals surface area contributed by atoms with Gasteiger partial charge in [0, 0.05) is 11.2 Å². The molecule has 1 aliphatic rings. The van der Waals surface area contributed by atoms with E-state index >= 15 is 0 Å². The molecule has 1 aliphatic heterocycles. The van der Waals surface area contributed by atoms with Crippen LogP contribution in [0.2, 0.25) is 10.0 Å². The molecule has 2 aromatic carbocycles. The largest absolute Gasteiger partial charge is 0.271 e. The van der Waals surface area contributed by atoms with Gasteiger partial charge in [-0.25, -0.2) is 4.39 Å². The zero-order valence-corrected chi connectivity index (χ0v) is 14.1. The summed E-state index contributed by atoms with van der Waals surface area (Å²) in [6.07, 6.45) is 1.50.